The largest absolute Gasteiger partial charge is 0.299 e. The number of carbonyl (C=O) groups excluding carboxylic acids is 1. The molecule has 0 saturated carbocycles. The normalized spacial score (nSPS) is 10.5. The highest BCUT2D eigenvalue weighted by molar-refractivity contribution is 5.74. The van der Waals surface area contributed by atoms with Crippen LogP contribution in [-0.4, -0.2) is 16.3 Å². The van der Waals surface area contributed by atoms with Gasteiger partial charge in [0.1, 0.15) is 12.6 Å². The van der Waals surface area contributed by atoms with Crippen molar-refractivity contribution in [2.45, 2.75) is 0 Å². The summed E-state index contributed by atoms with van der Waals surface area (Å²) in [5, 5.41) is 0. The first-order chi connectivity index (χ1) is 7.90. The molecule has 0 fully saturated rings. The SMILES string of the molecule is O=CC=Cc1ccc(-c2ccncn2)cc1. The molecule has 0 aliphatic carbocycles. The van der Waals surface area contributed by atoms with E-state index in [-0.39, 0.29) is 0 Å². The lowest BCUT2D eigenvalue weighted by atomic mass is 10.1. The van der Waals surface area contributed by atoms with Gasteiger partial charge in [-0.3, -0.25) is 4.79 Å². The number of aldehydes is 1. The molecular formula is C13H10N2O. The smallest absolute Gasteiger partial charge is 0.142 e. The van der Waals surface area contributed by atoms with Gasteiger partial charge in [0.05, 0.1) is 5.69 Å². The van der Waals surface area contributed by atoms with E-state index >= 15 is 0 Å². The second-order valence-electron chi connectivity index (χ2n) is 3.21. The highest BCUT2D eigenvalue weighted by atomic mass is 16.1. The fourth-order valence-corrected chi connectivity index (χ4v) is 1.38. The third kappa shape index (κ3) is 2.39. The molecule has 0 atom stereocenters. The van der Waals surface area contributed by atoms with Gasteiger partial charge in [-0.2, -0.15) is 0 Å². The number of allylic oxidation sites excluding steroid dienone is 1. The zero-order chi connectivity index (χ0) is 11.2. The van der Waals surface area contributed by atoms with E-state index in [1.54, 1.807) is 12.3 Å². The van der Waals surface area contributed by atoms with E-state index in [2.05, 4.69) is 9.97 Å². The maximum absolute atomic E-state index is 10.2. The minimum absolute atomic E-state index is 0.762. The monoisotopic (exact) mass is 210 g/mol. The summed E-state index contributed by atoms with van der Waals surface area (Å²) in [6, 6.07) is 9.67. The molecule has 78 valence electrons. The molecule has 0 saturated heterocycles. The molecule has 3 heteroatoms. The van der Waals surface area contributed by atoms with Crippen molar-refractivity contribution in [1.82, 2.24) is 9.97 Å². The highest BCUT2D eigenvalue weighted by Gasteiger charge is 1.96. The fourth-order valence-electron chi connectivity index (χ4n) is 1.38. The summed E-state index contributed by atoms with van der Waals surface area (Å²) in [5.74, 6) is 0. The lowest BCUT2D eigenvalue weighted by Gasteiger charge is -1.99. The van der Waals surface area contributed by atoms with Crippen molar-refractivity contribution in [2.24, 2.45) is 0 Å². The van der Waals surface area contributed by atoms with Crippen LogP contribution in [0, 0.1) is 0 Å². The standard InChI is InChI=1S/C13H10N2O/c16-9-1-2-11-3-5-12(6-4-11)13-7-8-14-10-15-13/h1-10H. The molecule has 0 aliphatic rings. The first-order valence-corrected chi connectivity index (χ1v) is 4.88. The van der Waals surface area contributed by atoms with Gasteiger partial charge in [-0.1, -0.05) is 30.3 Å². The molecule has 2 aromatic rings. The van der Waals surface area contributed by atoms with Crippen molar-refractivity contribution in [3.8, 4) is 11.3 Å². The van der Waals surface area contributed by atoms with Crippen LogP contribution in [0.5, 0.6) is 0 Å². The molecule has 0 aliphatic heterocycles. The predicted molar refractivity (Wildman–Crippen MR) is 62.6 cm³/mol. The van der Waals surface area contributed by atoms with Gasteiger partial charge in [-0.25, -0.2) is 9.97 Å². The molecule has 0 unspecified atom stereocenters. The van der Waals surface area contributed by atoms with Gasteiger partial charge in [0.2, 0.25) is 0 Å². The minimum Gasteiger partial charge on any atom is -0.299 e. The Hall–Kier alpha value is -2.29. The number of hydrogen-bond donors (Lipinski definition) is 0. The van der Waals surface area contributed by atoms with E-state index in [0.29, 0.717) is 0 Å². The van der Waals surface area contributed by atoms with Gasteiger partial charge < -0.3 is 0 Å². The van der Waals surface area contributed by atoms with Crippen molar-refractivity contribution < 1.29 is 4.79 Å². The van der Waals surface area contributed by atoms with Crippen molar-refractivity contribution in [2.75, 3.05) is 0 Å². The van der Waals surface area contributed by atoms with Crippen molar-refractivity contribution in [3.05, 3.63) is 54.5 Å². The average Bonchev–Trinajstić information content (AvgIpc) is 2.38. The lowest BCUT2D eigenvalue weighted by Crippen LogP contribution is -1.83. The van der Waals surface area contributed by atoms with Crippen LogP contribution in [0.2, 0.25) is 0 Å². The summed E-state index contributed by atoms with van der Waals surface area (Å²) in [6.07, 6.45) is 7.23. The van der Waals surface area contributed by atoms with Crippen LogP contribution in [0.15, 0.2) is 48.9 Å². The Labute approximate surface area is 93.5 Å². The molecule has 1 heterocycles. The quantitative estimate of drug-likeness (QED) is 0.577. The number of aromatic nitrogens is 2. The van der Waals surface area contributed by atoms with Crippen LogP contribution in [0.3, 0.4) is 0 Å². The van der Waals surface area contributed by atoms with Crippen LogP contribution in [0.25, 0.3) is 17.3 Å². The fraction of sp³-hybridized carbons (Fsp3) is 0. The number of benzene rings is 1. The molecule has 0 bridgehead atoms. The van der Waals surface area contributed by atoms with Gasteiger partial charge in [0.25, 0.3) is 0 Å². The number of carbonyl (C=O) groups is 1. The topological polar surface area (TPSA) is 42.9 Å². The lowest BCUT2D eigenvalue weighted by molar-refractivity contribution is -0.104. The Morgan fingerprint density at radius 1 is 1.06 bits per heavy atom. The number of rotatable bonds is 3. The Balaban J connectivity index is 2.26. The Bertz CT molecular complexity index is 489. The molecule has 3 nitrogen and oxygen atoms in total. The van der Waals surface area contributed by atoms with E-state index in [9.17, 15) is 4.79 Å². The van der Waals surface area contributed by atoms with Crippen molar-refractivity contribution >= 4 is 12.4 Å². The van der Waals surface area contributed by atoms with Gasteiger partial charge in [-0.15, -0.1) is 0 Å². The van der Waals surface area contributed by atoms with Gasteiger partial charge in [-0.05, 0) is 17.7 Å². The molecule has 1 aromatic heterocycles. The summed E-state index contributed by atoms with van der Waals surface area (Å²) in [4.78, 5) is 18.2. The summed E-state index contributed by atoms with van der Waals surface area (Å²) in [6.45, 7) is 0. The summed E-state index contributed by atoms with van der Waals surface area (Å²) in [7, 11) is 0. The van der Waals surface area contributed by atoms with Crippen molar-refractivity contribution in [1.29, 1.82) is 0 Å². The summed E-state index contributed by atoms with van der Waals surface area (Å²) < 4.78 is 0. The van der Waals surface area contributed by atoms with Crippen LogP contribution in [-0.2, 0) is 4.79 Å². The van der Waals surface area contributed by atoms with Crippen LogP contribution in [0.1, 0.15) is 5.56 Å². The molecule has 16 heavy (non-hydrogen) atoms. The second kappa shape index (κ2) is 4.98. The van der Waals surface area contributed by atoms with E-state index in [4.69, 9.17) is 0 Å². The molecule has 2 rings (SSSR count). The average molecular weight is 210 g/mol. The Kier molecular flexibility index (Phi) is 3.18. The molecule has 1 aromatic carbocycles. The molecular weight excluding hydrogens is 200 g/mol. The second-order valence-corrected chi connectivity index (χ2v) is 3.21. The summed E-state index contributed by atoms with van der Waals surface area (Å²) in [5.41, 5.74) is 2.91. The zero-order valence-electron chi connectivity index (χ0n) is 8.58. The zero-order valence-corrected chi connectivity index (χ0v) is 8.58. The van der Waals surface area contributed by atoms with Gasteiger partial charge in [0.15, 0.2) is 0 Å². The predicted octanol–water partition coefficient (Wildman–Crippen LogP) is 2.36. The van der Waals surface area contributed by atoms with Crippen LogP contribution >= 0.6 is 0 Å². The van der Waals surface area contributed by atoms with E-state index in [1.165, 1.54) is 12.4 Å². The van der Waals surface area contributed by atoms with E-state index in [1.807, 2.05) is 30.3 Å². The Morgan fingerprint density at radius 3 is 2.50 bits per heavy atom. The van der Waals surface area contributed by atoms with E-state index in [0.717, 1.165) is 23.1 Å². The van der Waals surface area contributed by atoms with Crippen LogP contribution in [0.4, 0.5) is 0 Å². The number of hydrogen-bond acceptors (Lipinski definition) is 3. The highest BCUT2D eigenvalue weighted by Crippen LogP contribution is 2.16. The number of nitrogens with zero attached hydrogens (tertiary/aromatic N) is 2. The first kappa shape index (κ1) is 10.2. The van der Waals surface area contributed by atoms with Crippen molar-refractivity contribution in [3.63, 3.8) is 0 Å². The van der Waals surface area contributed by atoms with E-state index < -0.39 is 0 Å². The maximum atomic E-state index is 10.2. The molecule has 0 N–H and O–H groups in total. The third-order valence-corrected chi connectivity index (χ3v) is 2.16. The molecule has 0 amide bonds. The maximum Gasteiger partial charge on any atom is 0.142 e. The Morgan fingerprint density at radius 2 is 1.88 bits per heavy atom. The minimum atomic E-state index is 0.762. The van der Waals surface area contributed by atoms with Crippen LogP contribution < -0.4 is 0 Å². The molecule has 0 spiro atoms. The summed E-state index contributed by atoms with van der Waals surface area (Å²) >= 11 is 0. The van der Waals surface area contributed by atoms with Gasteiger partial charge in [0, 0.05) is 11.8 Å². The third-order valence-electron chi connectivity index (χ3n) is 2.16. The molecule has 0 radical (unpaired) electrons. The van der Waals surface area contributed by atoms with Gasteiger partial charge >= 0.3 is 0 Å². The first-order valence-electron chi connectivity index (χ1n) is 4.88.